The summed E-state index contributed by atoms with van der Waals surface area (Å²) in [5, 5.41) is 17.2. The molecular formula is C20H25F3N6O3. The maximum absolute atomic E-state index is 12.6. The second-order valence-corrected chi connectivity index (χ2v) is 8.17. The van der Waals surface area contributed by atoms with Gasteiger partial charge in [-0.3, -0.25) is 10.1 Å². The predicted molar refractivity (Wildman–Crippen MR) is 112 cm³/mol. The first-order valence-electron chi connectivity index (χ1n) is 10.1. The Bertz CT molecular complexity index is 944. The number of nitro groups is 1. The van der Waals surface area contributed by atoms with Crippen molar-refractivity contribution >= 4 is 17.5 Å². The number of aromatic nitrogens is 2. The molecule has 0 aliphatic heterocycles. The van der Waals surface area contributed by atoms with E-state index in [2.05, 4.69) is 25.3 Å². The van der Waals surface area contributed by atoms with Crippen LogP contribution in [0.1, 0.15) is 38.2 Å². The van der Waals surface area contributed by atoms with Gasteiger partial charge in [-0.1, -0.05) is 18.2 Å². The van der Waals surface area contributed by atoms with Crippen molar-refractivity contribution in [2.24, 2.45) is 11.7 Å². The molecule has 9 nitrogen and oxygen atoms in total. The molecule has 1 aliphatic rings. The molecule has 1 saturated carbocycles. The molecule has 1 aromatic carbocycles. The lowest BCUT2D eigenvalue weighted by atomic mass is 9.78. The van der Waals surface area contributed by atoms with Crippen molar-refractivity contribution in [1.82, 2.24) is 9.97 Å². The molecule has 0 atom stereocenters. The maximum atomic E-state index is 12.6. The number of para-hydroxylation sites is 1. The van der Waals surface area contributed by atoms with Crippen molar-refractivity contribution in [3.8, 4) is 5.75 Å². The molecule has 12 heteroatoms. The topological polar surface area (TPSA) is 128 Å². The van der Waals surface area contributed by atoms with Gasteiger partial charge in [0.1, 0.15) is 11.9 Å². The molecule has 0 saturated heterocycles. The van der Waals surface area contributed by atoms with E-state index in [4.69, 9.17) is 5.73 Å². The minimum absolute atomic E-state index is 0.0399. The van der Waals surface area contributed by atoms with E-state index in [1.54, 1.807) is 6.07 Å². The number of rotatable bonds is 8. The highest BCUT2D eigenvalue weighted by Gasteiger charge is 2.32. The third kappa shape index (κ3) is 6.67. The van der Waals surface area contributed by atoms with Crippen molar-refractivity contribution in [3.63, 3.8) is 0 Å². The van der Waals surface area contributed by atoms with Gasteiger partial charge in [-0.05, 0) is 44.6 Å². The van der Waals surface area contributed by atoms with Crippen LogP contribution in [0.5, 0.6) is 5.75 Å². The molecule has 0 radical (unpaired) electrons. The Morgan fingerprint density at radius 1 is 1.28 bits per heavy atom. The van der Waals surface area contributed by atoms with Crippen LogP contribution in [0, 0.1) is 16.0 Å². The number of nitrogens with two attached hydrogens (primary N) is 1. The van der Waals surface area contributed by atoms with Crippen molar-refractivity contribution in [2.45, 2.75) is 51.1 Å². The Morgan fingerprint density at radius 3 is 2.62 bits per heavy atom. The SMILES string of the molecule is C[C@]1(N)CC[C@H](CNc2nc(NCc3ccccc3OC(F)(F)F)ncc2[N+](=O)[O-])CC1. The smallest absolute Gasteiger partial charge is 0.405 e. The summed E-state index contributed by atoms with van der Waals surface area (Å²) >= 11 is 0. The van der Waals surface area contributed by atoms with Crippen LogP contribution in [0.25, 0.3) is 0 Å². The average Bonchev–Trinajstić information content (AvgIpc) is 2.71. The van der Waals surface area contributed by atoms with Crippen LogP contribution in [0.15, 0.2) is 30.5 Å². The molecule has 0 spiro atoms. The number of nitrogens with one attached hydrogen (secondary N) is 2. The van der Waals surface area contributed by atoms with E-state index in [9.17, 15) is 23.3 Å². The fourth-order valence-corrected chi connectivity index (χ4v) is 3.55. The standard InChI is InChI=1S/C20H25F3N6O3/c1-19(24)8-6-13(7-9-19)10-25-17-15(29(30)31)12-27-18(28-17)26-11-14-4-2-3-5-16(14)32-20(21,22)23/h2-5,12-13H,6-11,24H2,1H3,(H2,25,26,27,28)/t13-,19-. The van der Waals surface area contributed by atoms with Crippen molar-refractivity contribution in [3.05, 3.63) is 46.1 Å². The molecule has 0 unspecified atom stereocenters. The summed E-state index contributed by atoms with van der Waals surface area (Å²) in [4.78, 5) is 18.8. The first-order chi connectivity index (χ1) is 15.0. The van der Waals surface area contributed by atoms with Crippen LogP contribution < -0.4 is 21.1 Å². The van der Waals surface area contributed by atoms with Gasteiger partial charge in [0, 0.05) is 24.2 Å². The number of halogens is 3. The van der Waals surface area contributed by atoms with E-state index in [1.807, 2.05) is 6.92 Å². The second-order valence-electron chi connectivity index (χ2n) is 8.17. The summed E-state index contributed by atoms with van der Waals surface area (Å²) in [6.45, 7) is 2.44. The fourth-order valence-electron chi connectivity index (χ4n) is 3.55. The van der Waals surface area contributed by atoms with Gasteiger partial charge in [0.25, 0.3) is 0 Å². The minimum Gasteiger partial charge on any atom is -0.405 e. The molecule has 1 fully saturated rings. The summed E-state index contributed by atoms with van der Waals surface area (Å²) in [5.74, 6) is 0.0486. The Kier molecular flexibility index (Phi) is 7.02. The molecule has 4 N–H and O–H groups in total. The maximum Gasteiger partial charge on any atom is 0.573 e. The molecule has 2 aromatic rings. The highest BCUT2D eigenvalue weighted by atomic mass is 19.4. The van der Waals surface area contributed by atoms with Gasteiger partial charge in [0.2, 0.25) is 11.8 Å². The number of benzene rings is 1. The number of hydrogen-bond acceptors (Lipinski definition) is 8. The zero-order chi connectivity index (χ0) is 23.4. The zero-order valence-corrected chi connectivity index (χ0v) is 17.5. The molecule has 0 amide bonds. The molecule has 1 aromatic heterocycles. The highest BCUT2D eigenvalue weighted by molar-refractivity contribution is 5.57. The Hall–Kier alpha value is -3.15. The van der Waals surface area contributed by atoms with Gasteiger partial charge < -0.3 is 21.1 Å². The lowest BCUT2D eigenvalue weighted by Crippen LogP contribution is -2.41. The Morgan fingerprint density at radius 2 is 1.97 bits per heavy atom. The van der Waals surface area contributed by atoms with Crippen LogP contribution in [-0.4, -0.2) is 33.3 Å². The number of ether oxygens (including phenoxy) is 1. The van der Waals surface area contributed by atoms with Crippen LogP contribution in [0.4, 0.5) is 30.6 Å². The van der Waals surface area contributed by atoms with E-state index >= 15 is 0 Å². The largest absolute Gasteiger partial charge is 0.573 e. The molecular weight excluding hydrogens is 429 g/mol. The minimum atomic E-state index is -4.82. The van der Waals surface area contributed by atoms with Gasteiger partial charge in [0.15, 0.2) is 0 Å². The normalized spacial score (nSPS) is 21.1. The van der Waals surface area contributed by atoms with Crippen LogP contribution >= 0.6 is 0 Å². The van der Waals surface area contributed by atoms with Gasteiger partial charge in [0.05, 0.1) is 4.92 Å². The second kappa shape index (κ2) is 9.55. The number of alkyl halides is 3. The number of nitrogens with zero attached hydrogens (tertiary/aromatic N) is 3. The summed E-state index contributed by atoms with van der Waals surface area (Å²) in [7, 11) is 0. The average molecular weight is 454 g/mol. The first kappa shape index (κ1) is 23.5. The third-order valence-corrected chi connectivity index (χ3v) is 5.41. The molecule has 3 rings (SSSR count). The summed E-state index contributed by atoms with van der Waals surface area (Å²) in [6.07, 6.45) is -0.208. The third-order valence-electron chi connectivity index (χ3n) is 5.41. The van der Waals surface area contributed by atoms with Crippen LogP contribution in [-0.2, 0) is 6.54 Å². The Balaban J connectivity index is 1.68. The zero-order valence-electron chi connectivity index (χ0n) is 17.5. The van der Waals surface area contributed by atoms with Crippen molar-refractivity contribution in [1.29, 1.82) is 0 Å². The first-order valence-corrected chi connectivity index (χ1v) is 10.1. The quantitative estimate of drug-likeness (QED) is 0.400. The number of hydrogen-bond donors (Lipinski definition) is 3. The fraction of sp³-hybridized carbons (Fsp3) is 0.500. The van der Waals surface area contributed by atoms with E-state index in [-0.39, 0.29) is 40.9 Å². The lowest BCUT2D eigenvalue weighted by molar-refractivity contribution is -0.384. The predicted octanol–water partition coefficient (Wildman–Crippen LogP) is 4.22. The summed E-state index contributed by atoms with van der Waals surface area (Å²) in [5.41, 5.74) is 5.92. The highest BCUT2D eigenvalue weighted by Crippen LogP contribution is 2.31. The molecule has 32 heavy (non-hydrogen) atoms. The molecule has 0 bridgehead atoms. The van der Waals surface area contributed by atoms with Crippen molar-refractivity contribution < 1.29 is 22.8 Å². The van der Waals surface area contributed by atoms with E-state index in [0.717, 1.165) is 31.9 Å². The van der Waals surface area contributed by atoms with E-state index in [0.29, 0.717) is 12.5 Å². The van der Waals surface area contributed by atoms with Crippen LogP contribution in [0.3, 0.4) is 0 Å². The van der Waals surface area contributed by atoms with Gasteiger partial charge >= 0.3 is 12.0 Å². The van der Waals surface area contributed by atoms with Crippen LogP contribution in [0.2, 0.25) is 0 Å². The summed E-state index contributed by atoms with van der Waals surface area (Å²) < 4.78 is 41.8. The number of anilines is 2. The molecule has 1 heterocycles. The van der Waals surface area contributed by atoms with Gasteiger partial charge in [-0.2, -0.15) is 4.98 Å². The summed E-state index contributed by atoms with van der Waals surface area (Å²) in [6, 6.07) is 5.66. The van der Waals surface area contributed by atoms with E-state index in [1.165, 1.54) is 18.2 Å². The van der Waals surface area contributed by atoms with Gasteiger partial charge in [-0.15, -0.1) is 13.2 Å². The Labute approximate surface area is 182 Å². The van der Waals surface area contributed by atoms with Gasteiger partial charge in [-0.25, -0.2) is 4.98 Å². The monoisotopic (exact) mass is 454 g/mol. The molecule has 1 aliphatic carbocycles. The van der Waals surface area contributed by atoms with Crippen molar-refractivity contribution in [2.75, 3.05) is 17.2 Å². The lowest BCUT2D eigenvalue weighted by Gasteiger charge is -2.34. The van der Waals surface area contributed by atoms with E-state index < -0.39 is 11.3 Å². The molecule has 174 valence electrons.